The van der Waals surface area contributed by atoms with Gasteiger partial charge in [0.2, 0.25) is 0 Å². The number of benzene rings is 1. The zero-order valence-electron chi connectivity index (χ0n) is 12.5. The largest absolute Gasteiger partial charge is 0.348 e. The molecule has 0 spiro atoms. The molecule has 0 heterocycles. The zero-order valence-corrected chi connectivity index (χ0v) is 12.5. The van der Waals surface area contributed by atoms with Crippen molar-refractivity contribution in [2.75, 3.05) is 6.54 Å². The van der Waals surface area contributed by atoms with Gasteiger partial charge in [-0.2, -0.15) is 0 Å². The first kappa shape index (κ1) is 16.2. The van der Waals surface area contributed by atoms with E-state index in [0.717, 1.165) is 12.8 Å². The van der Waals surface area contributed by atoms with Crippen molar-refractivity contribution >= 4 is 11.8 Å². The second-order valence-corrected chi connectivity index (χ2v) is 5.50. The molecule has 4 heteroatoms. The SMILES string of the molecule is CC(C)CNC(=O)C(=O)NC(C)CCc1ccccc1. The Balaban J connectivity index is 2.29. The van der Waals surface area contributed by atoms with Crippen molar-refractivity contribution in [1.29, 1.82) is 0 Å². The summed E-state index contributed by atoms with van der Waals surface area (Å²) in [7, 11) is 0. The summed E-state index contributed by atoms with van der Waals surface area (Å²) >= 11 is 0. The van der Waals surface area contributed by atoms with Gasteiger partial charge in [-0.3, -0.25) is 9.59 Å². The van der Waals surface area contributed by atoms with Crippen molar-refractivity contribution in [2.45, 2.75) is 39.7 Å². The summed E-state index contributed by atoms with van der Waals surface area (Å²) < 4.78 is 0. The van der Waals surface area contributed by atoms with Crippen LogP contribution in [-0.2, 0) is 16.0 Å². The molecule has 1 atom stereocenters. The Morgan fingerprint density at radius 2 is 1.70 bits per heavy atom. The molecule has 2 N–H and O–H groups in total. The first-order valence-corrected chi connectivity index (χ1v) is 7.11. The minimum absolute atomic E-state index is 0.0208. The van der Waals surface area contributed by atoms with Gasteiger partial charge in [0.15, 0.2) is 0 Å². The maximum absolute atomic E-state index is 11.7. The van der Waals surface area contributed by atoms with Gasteiger partial charge >= 0.3 is 11.8 Å². The van der Waals surface area contributed by atoms with Gasteiger partial charge in [0.1, 0.15) is 0 Å². The van der Waals surface area contributed by atoms with E-state index in [1.807, 2.05) is 39.0 Å². The third-order valence-electron chi connectivity index (χ3n) is 2.96. The summed E-state index contributed by atoms with van der Waals surface area (Å²) in [6, 6.07) is 10.1. The molecule has 1 aromatic rings. The molecule has 1 aromatic carbocycles. The number of amides is 2. The number of rotatable bonds is 6. The van der Waals surface area contributed by atoms with Gasteiger partial charge in [-0.05, 0) is 31.2 Å². The van der Waals surface area contributed by atoms with Gasteiger partial charge in [-0.25, -0.2) is 0 Å². The lowest BCUT2D eigenvalue weighted by molar-refractivity contribution is -0.139. The quantitative estimate of drug-likeness (QED) is 0.780. The van der Waals surface area contributed by atoms with Gasteiger partial charge in [0.05, 0.1) is 0 Å². The Kier molecular flexibility index (Phi) is 6.77. The van der Waals surface area contributed by atoms with E-state index < -0.39 is 11.8 Å². The fraction of sp³-hybridized carbons (Fsp3) is 0.500. The average molecular weight is 276 g/mol. The van der Waals surface area contributed by atoms with Crippen LogP contribution in [0.1, 0.15) is 32.8 Å². The topological polar surface area (TPSA) is 58.2 Å². The number of aryl methyl sites for hydroxylation is 1. The summed E-state index contributed by atoms with van der Waals surface area (Å²) in [6.45, 7) is 6.41. The average Bonchev–Trinajstić information content (AvgIpc) is 2.43. The van der Waals surface area contributed by atoms with E-state index in [1.165, 1.54) is 5.56 Å². The Bertz CT molecular complexity index is 429. The van der Waals surface area contributed by atoms with E-state index in [2.05, 4.69) is 22.8 Å². The van der Waals surface area contributed by atoms with E-state index in [4.69, 9.17) is 0 Å². The number of hydrogen-bond donors (Lipinski definition) is 2. The molecule has 0 aliphatic carbocycles. The Hall–Kier alpha value is -1.84. The van der Waals surface area contributed by atoms with Crippen molar-refractivity contribution in [3.05, 3.63) is 35.9 Å². The standard InChI is InChI=1S/C16H24N2O2/c1-12(2)11-17-15(19)16(20)18-13(3)9-10-14-7-5-4-6-8-14/h4-8,12-13H,9-11H2,1-3H3,(H,17,19)(H,18,20). The molecule has 0 radical (unpaired) electrons. The predicted molar refractivity (Wildman–Crippen MR) is 80.2 cm³/mol. The number of hydrogen-bond acceptors (Lipinski definition) is 2. The van der Waals surface area contributed by atoms with Gasteiger partial charge in [0.25, 0.3) is 0 Å². The Morgan fingerprint density at radius 1 is 1.05 bits per heavy atom. The molecule has 0 bridgehead atoms. The van der Waals surface area contributed by atoms with Crippen LogP contribution in [0.15, 0.2) is 30.3 Å². The molecular formula is C16H24N2O2. The molecule has 0 aliphatic rings. The maximum Gasteiger partial charge on any atom is 0.309 e. The van der Waals surface area contributed by atoms with Crippen LogP contribution in [0.3, 0.4) is 0 Å². The van der Waals surface area contributed by atoms with Crippen molar-refractivity contribution in [1.82, 2.24) is 10.6 Å². The minimum atomic E-state index is -0.551. The predicted octanol–water partition coefficient (Wildman–Crippen LogP) is 1.90. The van der Waals surface area contributed by atoms with Crippen LogP contribution >= 0.6 is 0 Å². The van der Waals surface area contributed by atoms with E-state index in [9.17, 15) is 9.59 Å². The van der Waals surface area contributed by atoms with E-state index >= 15 is 0 Å². The third-order valence-corrected chi connectivity index (χ3v) is 2.96. The van der Waals surface area contributed by atoms with Crippen molar-refractivity contribution < 1.29 is 9.59 Å². The van der Waals surface area contributed by atoms with Gasteiger partial charge in [-0.15, -0.1) is 0 Å². The Labute approximate surface area is 121 Å². The highest BCUT2D eigenvalue weighted by molar-refractivity contribution is 6.35. The smallest absolute Gasteiger partial charge is 0.309 e. The molecule has 110 valence electrons. The zero-order chi connectivity index (χ0) is 15.0. The molecule has 0 fully saturated rings. The second-order valence-electron chi connectivity index (χ2n) is 5.50. The molecule has 2 amide bonds. The minimum Gasteiger partial charge on any atom is -0.348 e. The molecule has 4 nitrogen and oxygen atoms in total. The van der Waals surface area contributed by atoms with Crippen LogP contribution in [0.25, 0.3) is 0 Å². The molecule has 20 heavy (non-hydrogen) atoms. The first-order valence-electron chi connectivity index (χ1n) is 7.11. The maximum atomic E-state index is 11.7. The van der Waals surface area contributed by atoms with Crippen LogP contribution in [0.5, 0.6) is 0 Å². The summed E-state index contributed by atoms with van der Waals surface area (Å²) in [5.74, 6) is -0.765. The van der Waals surface area contributed by atoms with Crippen LogP contribution in [-0.4, -0.2) is 24.4 Å². The first-order chi connectivity index (χ1) is 9.49. The highest BCUT2D eigenvalue weighted by Gasteiger charge is 2.15. The lowest BCUT2D eigenvalue weighted by Crippen LogP contribution is -2.44. The number of nitrogens with one attached hydrogen (secondary N) is 2. The monoisotopic (exact) mass is 276 g/mol. The molecule has 0 saturated carbocycles. The van der Waals surface area contributed by atoms with Gasteiger partial charge < -0.3 is 10.6 Å². The highest BCUT2D eigenvalue weighted by atomic mass is 16.2. The van der Waals surface area contributed by atoms with Crippen molar-refractivity contribution in [2.24, 2.45) is 5.92 Å². The molecular weight excluding hydrogens is 252 g/mol. The van der Waals surface area contributed by atoms with Crippen molar-refractivity contribution in [3.8, 4) is 0 Å². The van der Waals surface area contributed by atoms with E-state index in [-0.39, 0.29) is 6.04 Å². The molecule has 0 aromatic heterocycles. The molecule has 1 unspecified atom stereocenters. The van der Waals surface area contributed by atoms with Crippen LogP contribution in [0.2, 0.25) is 0 Å². The molecule has 0 aliphatic heterocycles. The Morgan fingerprint density at radius 3 is 2.30 bits per heavy atom. The summed E-state index contributed by atoms with van der Waals surface area (Å²) in [5, 5.41) is 5.33. The second kappa shape index (κ2) is 8.35. The van der Waals surface area contributed by atoms with E-state index in [1.54, 1.807) is 0 Å². The number of carbonyl (C=O) groups is 2. The van der Waals surface area contributed by atoms with Crippen LogP contribution < -0.4 is 10.6 Å². The van der Waals surface area contributed by atoms with Gasteiger partial charge in [-0.1, -0.05) is 44.2 Å². The normalized spacial score (nSPS) is 12.0. The lowest BCUT2D eigenvalue weighted by Gasteiger charge is -2.14. The van der Waals surface area contributed by atoms with Crippen LogP contribution in [0.4, 0.5) is 0 Å². The summed E-state index contributed by atoms with van der Waals surface area (Å²) in [6.07, 6.45) is 1.70. The molecule has 0 saturated heterocycles. The van der Waals surface area contributed by atoms with Crippen molar-refractivity contribution in [3.63, 3.8) is 0 Å². The summed E-state index contributed by atoms with van der Waals surface area (Å²) in [5.41, 5.74) is 1.23. The summed E-state index contributed by atoms with van der Waals surface area (Å²) in [4.78, 5) is 23.2. The fourth-order valence-electron chi connectivity index (χ4n) is 1.77. The van der Waals surface area contributed by atoms with E-state index in [0.29, 0.717) is 12.5 Å². The third kappa shape index (κ3) is 6.36. The fourth-order valence-corrected chi connectivity index (χ4v) is 1.77. The lowest BCUT2D eigenvalue weighted by atomic mass is 10.1. The van der Waals surface area contributed by atoms with Crippen LogP contribution in [0, 0.1) is 5.92 Å². The van der Waals surface area contributed by atoms with Gasteiger partial charge in [0, 0.05) is 12.6 Å². The number of carbonyl (C=O) groups excluding carboxylic acids is 2. The molecule has 1 rings (SSSR count). The highest BCUT2D eigenvalue weighted by Crippen LogP contribution is 2.04.